The van der Waals surface area contributed by atoms with Gasteiger partial charge in [-0.3, -0.25) is 24.0 Å². The standard InChI is InChI=1S/C22H27N5O4/c1-14-9-7-8-12-22(14)20(30)26(21(31)24-22)13-17(28)23-18-15(2)25(3)27(19(18)29)16-10-5-4-6-11-16/h4-6,10-11,14H,7-9,12-13H2,1-3H3,(H,23,28)(H,24,31)/t14-,22+/m0/s1. The van der Waals surface area contributed by atoms with Gasteiger partial charge in [0.25, 0.3) is 11.5 Å². The quantitative estimate of drug-likeness (QED) is 0.730. The molecular weight excluding hydrogens is 398 g/mol. The van der Waals surface area contributed by atoms with Crippen LogP contribution in [0.2, 0.25) is 0 Å². The summed E-state index contributed by atoms with van der Waals surface area (Å²) in [5, 5.41) is 5.45. The fraction of sp³-hybridized carbons (Fsp3) is 0.455. The molecule has 2 aromatic rings. The Morgan fingerprint density at radius 1 is 1.19 bits per heavy atom. The number of nitrogens with zero attached hydrogens (tertiary/aromatic N) is 3. The number of rotatable bonds is 4. The third kappa shape index (κ3) is 3.34. The molecule has 1 aliphatic heterocycles. The Morgan fingerprint density at radius 2 is 1.90 bits per heavy atom. The van der Waals surface area contributed by atoms with E-state index in [-0.39, 0.29) is 23.1 Å². The number of carbonyl (C=O) groups is 3. The van der Waals surface area contributed by atoms with Crippen LogP contribution in [-0.2, 0) is 16.6 Å². The molecule has 1 saturated carbocycles. The molecule has 1 spiro atoms. The smallest absolute Gasteiger partial charge is 0.323 e. The van der Waals surface area contributed by atoms with Gasteiger partial charge in [0.05, 0.1) is 11.4 Å². The molecule has 2 heterocycles. The van der Waals surface area contributed by atoms with Crippen LogP contribution in [0.5, 0.6) is 0 Å². The van der Waals surface area contributed by atoms with Crippen LogP contribution in [0.3, 0.4) is 0 Å². The molecule has 9 heteroatoms. The molecule has 2 aliphatic rings. The van der Waals surface area contributed by atoms with E-state index < -0.39 is 24.0 Å². The van der Waals surface area contributed by atoms with Crippen molar-refractivity contribution in [3.63, 3.8) is 0 Å². The van der Waals surface area contributed by atoms with Crippen molar-refractivity contribution in [3.8, 4) is 5.69 Å². The van der Waals surface area contributed by atoms with Crippen molar-refractivity contribution < 1.29 is 14.4 Å². The zero-order chi connectivity index (χ0) is 22.3. The van der Waals surface area contributed by atoms with E-state index in [0.717, 1.165) is 24.2 Å². The summed E-state index contributed by atoms with van der Waals surface area (Å²) in [5.74, 6) is -0.929. The number of hydrogen-bond donors (Lipinski definition) is 2. The Morgan fingerprint density at radius 3 is 2.58 bits per heavy atom. The van der Waals surface area contributed by atoms with E-state index in [2.05, 4.69) is 10.6 Å². The molecule has 1 aromatic carbocycles. The molecule has 1 aromatic heterocycles. The van der Waals surface area contributed by atoms with Gasteiger partial charge in [-0.25, -0.2) is 9.48 Å². The van der Waals surface area contributed by atoms with Crippen molar-refractivity contribution in [2.75, 3.05) is 11.9 Å². The lowest BCUT2D eigenvalue weighted by molar-refractivity contribution is -0.136. The summed E-state index contributed by atoms with van der Waals surface area (Å²) in [5.41, 5.74) is 0.0640. The number of para-hydroxylation sites is 1. The number of aromatic nitrogens is 2. The zero-order valence-corrected chi connectivity index (χ0v) is 18.0. The van der Waals surface area contributed by atoms with Crippen LogP contribution in [0.4, 0.5) is 10.5 Å². The first-order valence-corrected chi connectivity index (χ1v) is 10.5. The molecular formula is C22H27N5O4. The van der Waals surface area contributed by atoms with E-state index in [1.165, 1.54) is 4.68 Å². The molecule has 2 N–H and O–H groups in total. The van der Waals surface area contributed by atoms with Gasteiger partial charge in [-0.15, -0.1) is 0 Å². The van der Waals surface area contributed by atoms with Crippen molar-refractivity contribution in [2.45, 2.75) is 45.1 Å². The van der Waals surface area contributed by atoms with E-state index in [1.54, 1.807) is 30.8 Å². The lowest BCUT2D eigenvalue weighted by Crippen LogP contribution is -2.54. The molecule has 0 unspecified atom stereocenters. The molecule has 1 aliphatic carbocycles. The maximum absolute atomic E-state index is 13.1. The number of hydrogen-bond acceptors (Lipinski definition) is 4. The number of imide groups is 1. The fourth-order valence-corrected chi connectivity index (χ4v) is 4.67. The highest BCUT2D eigenvalue weighted by atomic mass is 16.2. The summed E-state index contributed by atoms with van der Waals surface area (Å²) in [6, 6.07) is 8.53. The second kappa shape index (κ2) is 7.72. The molecule has 4 rings (SSSR count). The monoisotopic (exact) mass is 425 g/mol. The van der Waals surface area contributed by atoms with Crippen LogP contribution < -0.4 is 16.2 Å². The second-order valence-electron chi connectivity index (χ2n) is 8.42. The van der Waals surface area contributed by atoms with E-state index in [1.807, 2.05) is 25.1 Å². The average Bonchev–Trinajstić information content (AvgIpc) is 3.11. The molecule has 1 saturated heterocycles. The zero-order valence-electron chi connectivity index (χ0n) is 18.0. The van der Waals surface area contributed by atoms with Crippen molar-refractivity contribution in [2.24, 2.45) is 13.0 Å². The summed E-state index contributed by atoms with van der Waals surface area (Å²) >= 11 is 0. The number of nitrogens with one attached hydrogen (secondary N) is 2. The Balaban J connectivity index is 1.54. The largest absolute Gasteiger partial charge is 0.325 e. The fourth-order valence-electron chi connectivity index (χ4n) is 4.67. The van der Waals surface area contributed by atoms with E-state index in [9.17, 15) is 19.2 Å². The highest BCUT2D eigenvalue weighted by Gasteiger charge is 2.55. The van der Waals surface area contributed by atoms with Crippen molar-refractivity contribution in [3.05, 3.63) is 46.4 Å². The Kier molecular flexibility index (Phi) is 5.20. The third-order valence-electron chi connectivity index (χ3n) is 6.62. The molecule has 0 bridgehead atoms. The number of benzene rings is 1. The van der Waals surface area contributed by atoms with Crippen molar-refractivity contribution >= 4 is 23.5 Å². The summed E-state index contributed by atoms with van der Waals surface area (Å²) < 4.78 is 3.11. The van der Waals surface area contributed by atoms with E-state index >= 15 is 0 Å². The van der Waals surface area contributed by atoms with E-state index in [0.29, 0.717) is 17.8 Å². The van der Waals surface area contributed by atoms with Crippen molar-refractivity contribution in [1.82, 2.24) is 19.6 Å². The predicted molar refractivity (Wildman–Crippen MR) is 115 cm³/mol. The summed E-state index contributed by atoms with van der Waals surface area (Å²) in [6.45, 7) is 3.25. The molecule has 164 valence electrons. The number of anilines is 1. The van der Waals surface area contributed by atoms with Crippen LogP contribution in [0, 0.1) is 12.8 Å². The highest BCUT2D eigenvalue weighted by Crippen LogP contribution is 2.38. The molecule has 2 fully saturated rings. The summed E-state index contributed by atoms with van der Waals surface area (Å²) in [4.78, 5) is 52.2. The third-order valence-corrected chi connectivity index (χ3v) is 6.62. The van der Waals surface area contributed by atoms with E-state index in [4.69, 9.17) is 0 Å². The lowest BCUT2D eigenvalue weighted by Gasteiger charge is -2.36. The first kappa shape index (κ1) is 20.9. The minimum atomic E-state index is -0.918. The van der Waals surface area contributed by atoms with Gasteiger partial charge < -0.3 is 10.6 Å². The molecule has 2 atom stereocenters. The summed E-state index contributed by atoms with van der Waals surface area (Å²) in [6.07, 6.45) is 3.32. The van der Waals surface area contributed by atoms with Crippen LogP contribution in [0.15, 0.2) is 35.1 Å². The molecule has 9 nitrogen and oxygen atoms in total. The van der Waals surface area contributed by atoms with Gasteiger partial charge in [0.1, 0.15) is 17.8 Å². The first-order valence-electron chi connectivity index (χ1n) is 10.5. The first-order chi connectivity index (χ1) is 14.8. The van der Waals surface area contributed by atoms with Gasteiger partial charge in [0.2, 0.25) is 5.91 Å². The van der Waals surface area contributed by atoms with Crippen LogP contribution in [-0.4, -0.2) is 44.2 Å². The molecule has 31 heavy (non-hydrogen) atoms. The lowest BCUT2D eigenvalue weighted by atomic mass is 9.73. The number of urea groups is 1. The van der Waals surface area contributed by atoms with Gasteiger partial charge in [-0.05, 0) is 37.8 Å². The van der Waals surface area contributed by atoms with Gasteiger partial charge >= 0.3 is 6.03 Å². The average molecular weight is 425 g/mol. The van der Waals surface area contributed by atoms with Crippen molar-refractivity contribution in [1.29, 1.82) is 0 Å². The van der Waals surface area contributed by atoms with Gasteiger partial charge in [-0.2, -0.15) is 0 Å². The minimum absolute atomic E-state index is 0.0141. The summed E-state index contributed by atoms with van der Waals surface area (Å²) in [7, 11) is 1.73. The molecule has 0 radical (unpaired) electrons. The van der Waals surface area contributed by atoms with Crippen LogP contribution >= 0.6 is 0 Å². The minimum Gasteiger partial charge on any atom is -0.323 e. The van der Waals surface area contributed by atoms with Crippen LogP contribution in [0.1, 0.15) is 38.3 Å². The topological polar surface area (TPSA) is 105 Å². The van der Waals surface area contributed by atoms with Gasteiger partial charge in [0.15, 0.2) is 0 Å². The van der Waals surface area contributed by atoms with Crippen LogP contribution in [0.25, 0.3) is 5.69 Å². The normalized spacial score (nSPS) is 23.3. The Labute approximate surface area is 180 Å². The predicted octanol–water partition coefficient (Wildman–Crippen LogP) is 1.92. The maximum atomic E-state index is 13.1. The highest BCUT2D eigenvalue weighted by molar-refractivity contribution is 6.10. The second-order valence-corrected chi connectivity index (χ2v) is 8.42. The molecule has 4 amide bonds. The Bertz CT molecular complexity index is 1100. The number of amides is 4. The Hall–Kier alpha value is -3.36. The van der Waals surface area contributed by atoms with Gasteiger partial charge in [0, 0.05) is 7.05 Å². The maximum Gasteiger partial charge on any atom is 0.325 e. The van der Waals surface area contributed by atoms with Gasteiger partial charge in [-0.1, -0.05) is 38.0 Å². The SMILES string of the molecule is Cc1c(NC(=O)CN2C(=O)N[C@@]3(CCCC[C@@H]3C)C2=O)c(=O)n(-c2ccccc2)n1C. The number of carbonyl (C=O) groups excluding carboxylic acids is 3.